The van der Waals surface area contributed by atoms with Crippen molar-refractivity contribution in [2.75, 3.05) is 18.6 Å². The van der Waals surface area contributed by atoms with Gasteiger partial charge >= 0.3 is 0 Å². The number of nitrogens with zero attached hydrogens (tertiary/aromatic N) is 1. The van der Waals surface area contributed by atoms with Gasteiger partial charge < -0.3 is 9.64 Å². The van der Waals surface area contributed by atoms with Crippen molar-refractivity contribution in [1.82, 2.24) is 4.90 Å². The average Bonchev–Trinajstić information content (AvgIpc) is 3.17. The maximum atomic E-state index is 13.4. The largest absolute Gasteiger partial charge is 0.497 e. The molecule has 0 saturated carbocycles. The number of hydrogen-bond acceptors (Lipinski definition) is 4. The van der Waals surface area contributed by atoms with Crippen LogP contribution in [0.25, 0.3) is 11.1 Å². The van der Waals surface area contributed by atoms with E-state index < -0.39 is 9.84 Å². The van der Waals surface area contributed by atoms with Gasteiger partial charge in [0.15, 0.2) is 9.84 Å². The molecule has 0 aliphatic carbocycles. The van der Waals surface area contributed by atoms with Gasteiger partial charge in [-0.15, -0.1) is 0 Å². The van der Waals surface area contributed by atoms with Gasteiger partial charge in [-0.1, -0.05) is 53.5 Å². The van der Waals surface area contributed by atoms with Gasteiger partial charge in [0, 0.05) is 33.8 Å². The molecule has 1 saturated heterocycles. The molecule has 4 rings (SSSR count). The molecule has 33 heavy (non-hydrogen) atoms. The van der Waals surface area contributed by atoms with Crippen molar-refractivity contribution in [2.45, 2.75) is 19.0 Å². The van der Waals surface area contributed by atoms with Crippen molar-refractivity contribution < 1.29 is 17.9 Å². The van der Waals surface area contributed by atoms with Crippen LogP contribution in [0.5, 0.6) is 5.75 Å². The van der Waals surface area contributed by atoms with Crippen LogP contribution in [-0.2, 0) is 16.4 Å². The van der Waals surface area contributed by atoms with E-state index in [1.165, 1.54) is 0 Å². The standard InChI is InChI=1S/C25H23Cl2NO4S/c1-32-22-9-6-19(7-10-22)25(29)28(21-12-13-33(30,31)16-21)15-17-2-4-18(5-3-17)23-11-8-20(26)14-24(23)27/h2-11,14,21H,12-13,15-16H2,1H3. The fraction of sp³-hybridized carbons (Fsp3) is 0.240. The highest BCUT2D eigenvalue weighted by molar-refractivity contribution is 7.91. The Kier molecular flexibility index (Phi) is 6.98. The SMILES string of the molecule is COc1ccc(C(=O)N(Cc2ccc(-c3ccc(Cl)cc3Cl)cc2)C2CCS(=O)(=O)C2)cc1. The number of carbonyl (C=O) groups is 1. The van der Waals surface area contributed by atoms with Crippen LogP contribution in [0.1, 0.15) is 22.3 Å². The lowest BCUT2D eigenvalue weighted by Gasteiger charge is -2.28. The minimum atomic E-state index is -3.15. The van der Waals surface area contributed by atoms with E-state index in [4.69, 9.17) is 27.9 Å². The quantitative estimate of drug-likeness (QED) is 0.445. The van der Waals surface area contributed by atoms with Crippen LogP contribution >= 0.6 is 23.2 Å². The Balaban J connectivity index is 1.60. The molecule has 8 heteroatoms. The zero-order valence-corrected chi connectivity index (χ0v) is 20.3. The third kappa shape index (κ3) is 5.52. The molecule has 1 aliphatic heterocycles. The van der Waals surface area contributed by atoms with Crippen LogP contribution in [-0.4, -0.2) is 43.9 Å². The van der Waals surface area contributed by atoms with E-state index in [0.717, 1.165) is 16.7 Å². The van der Waals surface area contributed by atoms with Crippen molar-refractivity contribution in [2.24, 2.45) is 0 Å². The zero-order chi connectivity index (χ0) is 23.6. The molecule has 1 amide bonds. The maximum Gasteiger partial charge on any atom is 0.254 e. The lowest BCUT2D eigenvalue weighted by molar-refractivity contribution is 0.0681. The molecule has 0 aromatic heterocycles. The van der Waals surface area contributed by atoms with Crippen molar-refractivity contribution in [3.63, 3.8) is 0 Å². The maximum absolute atomic E-state index is 13.4. The number of carbonyl (C=O) groups excluding carboxylic acids is 1. The van der Waals surface area contributed by atoms with Crippen molar-refractivity contribution in [1.29, 1.82) is 0 Å². The third-order valence-corrected chi connectivity index (χ3v) is 8.09. The molecule has 3 aromatic carbocycles. The minimum Gasteiger partial charge on any atom is -0.497 e. The second-order valence-electron chi connectivity index (χ2n) is 8.04. The number of hydrogen-bond donors (Lipinski definition) is 0. The molecule has 1 atom stereocenters. The number of amides is 1. The second-order valence-corrected chi connectivity index (χ2v) is 11.1. The summed E-state index contributed by atoms with van der Waals surface area (Å²) in [4.78, 5) is 15.0. The normalized spacial score (nSPS) is 17.0. The van der Waals surface area contributed by atoms with Crippen LogP contribution < -0.4 is 4.74 Å². The Bertz CT molecular complexity index is 1260. The predicted molar refractivity (Wildman–Crippen MR) is 132 cm³/mol. The van der Waals surface area contributed by atoms with E-state index in [-0.39, 0.29) is 23.5 Å². The smallest absolute Gasteiger partial charge is 0.254 e. The van der Waals surface area contributed by atoms with E-state index in [1.807, 2.05) is 30.3 Å². The number of halogens is 2. The highest BCUT2D eigenvalue weighted by Crippen LogP contribution is 2.31. The molecule has 3 aromatic rings. The molecular formula is C25H23Cl2NO4S. The molecule has 0 spiro atoms. The molecule has 1 fully saturated rings. The average molecular weight is 504 g/mol. The second kappa shape index (κ2) is 9.75. The summed E-state index contributed by atoms with van der Waals surface area (Å²) in [6.07, 6.45) is 0.433. The Hall–Kier alpha value is -2.54. The predicted octanol–water partition coefficient (Wildman–Crippen LogP) is 5.50. The number of methoxy groups -OCH3 is 1. The van der Waals surface area contributed by atoms with Crippen LogP contribution in [0.15, 0.2) is 66.7 Å². The van der Waals surface area contributed by atoms with E-state index in [0.29, 0.717) is 34.3 Å². The number of benzene rings is 3. The third-order valence-electron chi connectivity index (χ3n) is 5.80. The monoisotopic (exact) mass is 503 g/mol. The van der Waals surface area contributed by atoms with Crippen LogP contribution in [0, 0.1) is 0 Å². The van der Waals surface area contributed by atoms with Crippen LogP contribution in [0.2, 0.25) is 10.0 Å². The topological polar surface area (TPSA) is 63.7 Å². The number of ether oxygens (including phenoxy) is 1. The fourth-order valence-electron chi connectivity index (χ4n) is 4.00. The first-order valence-corrected chi connectivity index (χ1v) is 13.0. The van der Waals surface area contributed by atoms with E-state index in [2.05, 4.69) is 0 Å². The van der Waals surface area contributed by atoms with Crippen LogP contribution in [0.3, 0.4) is 0 Å². The van der Waals surface area contributed by atoms with Crippen molar-refractivity contribution in [3.05, 3.63) is 87.9 Å². The molecule has 1 heterocycles. The lowest BCUT2D eigenvalue weighted by atomic mass is 10.0. The molecule has 0 bridgehead atoms. The molecule has 0 N–H and O–H groups in total. The summed E-state index contributed by atoms with van der Waals surface area (Å²) in [5.74, 6) is 0.522. The highest BCUT2D eigenvalue weighted by atomic mass is 35.5. The lowest BCUT2D eigenvalue weighted by Crippen LogP contribution is -2.40. The Morgan fingerprint density at radius 1 is 1.03 bits per heavy atom. The van der Waals surface area contributed by atoms with Gasteiger partial charge in [0.1, 0.15) is 5.75 Å². The first-order chi connectivity index (χ1) is 15.8. The first-order valence-electron chi connectivity index (χ1n) is 10.5. The summed E-state index contributed by atoms with van der Waals surface area (Å²) in [5.41, 5.74) is 3.18. The Morgan fingerprint density at radius 3 is 2.30 bits per heavy atom. The summed E-state index contributed by atoms with van der Waals surface area (Å²) in [6.45, 7) is 0.305. The van der Waals surface area contributed by atoms with E-state index in [1.54, 1.807) is 48.4 Å². The van der Waals surface area contributed by atoms with E-state index >= 15 is 0 Å². The summed E-state index contributed by atoms with van der Waals surface area (Å²) in [5, 5.41) is 1.13. The molecular weight excluding hydrogens is 481 g/mol. The zero-order valence-electron chi connectivity index (χ0n) is 18.0. The molecule has 5 nitrogen and oxygen atoms in total. The summed E-state index contributed by atoms with van der Waals surface area (Å²) in [6, 6.07) is 19.6. The summed E-state index contributed by atoms with van der Waals surface area (Å²) < 4.78 is 29.4. The number of rotatable bonds is 6. The van der Waals surface area contributed by atoms with Crippen LogP contribution in [0.4, 0.5) is 0 Å². The number of sulfone groups is 1. The fourth-order valence-corrected chi connectivity index (χ4v) is 6.25. The Morgan fingerprint density at radius 2 is 1.73 bits per heavy atom. The molecule has 1 unspecified atom stereocenters. The van der Waals surface area contributed by atoms with Gasteiger partial charge in [0.25, 0.3) is 5.91 Å². The molecule has 172 valence electrons. The van der Waals surface area contributed by atoms with Gasteiger partial charge in [0.05, 0.1) is 18.6 Å². The molecule has 0 radical (unpaired) electrons. The summed E-state index contributed by atoms with van der Waals surface area (Å²) in [7, 11) is -1.59. The van der Waals surface area contributed by atoms with Gasteiger partial charge in [-0.2, -0.15) is 0 Å². The molecule has 1 aliphatic rings. The first kappa shape index (κ1) is 23.6. The Labute approximate surface area is 203 Å². The van der Waals surface area contributed by atoms with Gasteiger partial charge in [0.2, 0.25) is 0 Å². The van der Waals surface area contributed by atoms with Crippen molar-refractivity contribution in [3.8, 4) is 16.9 Å². The van der Waals surface area contributed by atoms with Gasteiger partial charge in [-0.05, 0) is 53.9 Å². The summed E-state index contributed by atoms with van der Waals surface area (Å²) >= 11 is 12.3. The van der Waals surface area contributed by atoms with Gasteiger partial charge in [-0.3, -0.25) is 4.79 Å². The minimum absolute atomic E-state index is 0.0205. The van der Waals surface area contributed by atoms with Gasteiger partial charge in [-0.25, -0.2) is 8.42 Å². The highest BCUT2D eigenvalue weighted by Gasteiger charge is 2.35. The van der Waals surface area contributed by atoms with E-state index in [9.17, 15) is 13.2 Å². The van der Waals surface area contributed by atoms with Crippen molar-refractivity contribution >= 4 is 38.9 Å².